The number of hydrogen-bond acceptors (Lipinski definition) is 6. The number of esters is 2. The quantitative estimate of drug-likeness (QED) is 0.135. The van der Waals surface area contributed by atoms with Crippen molar-refractivity contribution >= 4 is 46.2 Å². The van der Waals surface area contributed by atoms with Gasteiger partial charge in [0, 0.05) is 31.7 Å². The van der Waals surface area contributed by atoms with E-state index in [0.29, 0.717) is 32.1 Å². The molecule has 4 rings (SSSR count). The SMILES string of the molecule is C=C(C)C(=O)Oc1c(Sc2ccccc2)c(Sc2ccccc2)c(OC(=O)C(=C)C)c2ccccc12. The maximum atomic E-state index is 12.7. The zero-order valence-electron chi connectivity index (χ0n) is 19.9. The van der Waals surface area contributed by atoms with Gasteiger partial charge in [-0.1, -0.05) is 97.3 Å². The molecule has 4 nitrogen and oxygen atoms in total. The van der Waals surface area contributed by atoms with Crippen molar-refractivity contribution in [1.29, 1.82) is 0 Å². The summed E-state index contributed by atoms with van der Waals surface area (Å²) in [5.41, 5.74) is 0.564. The Morgan fingerprint density at radius 1 is 0.583 bits per heavy atom. The van der Waals surface area contributed by atoms with Gasteiger partial charge in [-0.15, -0.1) is 0 Å². The van der Waals surface area contributed by atoms with Crippen molar-refractivity contribution in [2.75, 3.05) is 0 Å². The van der Waals surface area contributed by atoms with Crippen LogP contribution >= 0.6 is 23.5 Å². The van der Waals surface area contributed by atoms with Crippen LogP contribution < -0.4 is 9.47 Å². The lowest BCUT2D eigenvalue weighted by Gasteiger charge is -2.21. The molecule has 4 aromatic rings. The average Bonchev–Trinajstić information content (AvgIpc) is 2.88. The Morgan fingerprint density at radius 2 is 0.917 bits per heavy atom. The van der Waals surface area contributed by atoms with Gasteiger partial charge in [-0.2, -0.15) is 0 Å². The zero-order valence-corrected chi connectivity index (χ0v) is 21.6. The lowest BCUT2D eigenvalue weighted by atomic mass is 10.1. The minimum absolute atomic E-state index is 0.282. The highest BCUT2D eigenvalue weighted by Gasteiger charge is 2.27. The van der Waals surface area contributed by atoms with Gasteiger partial charge in [-0.3, -0.25) is 0 Å². The number of benzene rings is 4. The Hall–Kier alpha value is -3.74. The molecule has 0 saturated heterocycles. The standard InChI is InChI=1S/C30H24O4S2/c1-19(2)29(31)33-25-23-17-11-12-18-24(23)26(34-30(32)20(3)4)28(36-22-15-9-6-10-16-22)27(25)35-21-13-7-5-8-14-21/h5-18H,1,3H2,2,4H3. The van der Waals surface area contributed by atoms with E-state index in [2.05, 4.69) is 13.2 Å². The first kappa shape index (κ1) is 25.4. The maximum Gasteiger partial charge on any atom is 0.338 e. The van der Waals surface area contributed by atoms with Crippen LogP contribution in [0, 0.1) is 0 Å². The second kappa shape index (κ2) is 11.3. The largest absolute Gasteiger partial charge is 0.421 e. The summed E-state index contributed by atoms with van der Waals surface area (Å²) >= 11 is 2.87. The van der Waals surface area contributed by atoms with Crippen LogP contribution in [0.5, 0.6) is 11.5 Å². The molecule has 0 saturated carbocycles. The molecule has 0 N–H and O–H groups in total. The molecular weight excluding hydrogens is 488 g/mol. The highest BCUT2D eigenvalue weighted by atomic mass is 32.2. The summed E-state index contributed by atoms with van der Waals surface area (Å²) in [4.78, 5) is 28.7. The van der Waals surface area contributed by atoms with Crippen molar-refractivity contribution in [2.24, 2.45) is 0 Å². The minimum atomic E-state index is -0.530. The number of hydrogen-bond donors (Lipinski definition) is 0. The Labute approximate surface area is 219 Å². The molecule has 0 atom stereocenters. The van der Waals surface area contributed by atoms with Crippen LogP contribution in [0.15, 0.2) is 129 Å². The summed E-state index contributed by atoms with van der Waals surface area (Å²) in [6, 6.07) is 26.9. The molecule has 0 bridgehead atoms. The topological polar surface area (TPSA) is 52.6 Å². The van der Waals surface area contributed by atoms with Crippen molar-refractivity contribution in [2.45, 2.75) is 33.4 Å². The number of fused-ring (bicyclic) bond motifs is 1. The van der Waals surface area contributed by atoms with Crippen molar-refractivity contribution in [3.8, 4) is 11.5 Å². The Morgan fingerprint density at radius 3 is 1.25 bits per heavy atom. The summed E-state index contributed by atoms with van der Waals surface area (Å²) in [5, 5.41) is 1.29. The smallest absolute Gasteiger partial charge is 0.338 e. The fraction of sp³-hybridized carbons (Fsp3) is 0.0667. The molecule has 0 fully saturated rings. The minimum Gasteiger partial charge on any atom is -0.421 e. The van der Waals surface area contributed by atoms with Crippen LogP contribution in [-0.4, -0.2) is 11.9 Å². The molecule has 0 unspecified atom stereocenters. The molecule has 0 aliphatic carbocycles. The number of carbonyl (C=O) groups is 2. The second-order valence-electron chi connectivity index (χ2n) is 8.03. The van der Waals surface area contributed by atoms with E-state index < -0.39 is 11.9 Å². The van der Waals surface area contributed by atoms with Crippen LogP contribution in [0.1, 0.15) is 13.8 Å². The molecular formula is C30H24O4S2. The number of ether oxygens (including phenoxy) is 2. The maximum absolute atomic E-state index is 12.7. The predicted octanol–water partition coefficient (Wildman–Crippen LogP) is 8.11. The van der Waals surface area contributed by atoms with Gasteiger partial charge in [0.25, 0.3) is 0 Å². The fourth-order valence-corrected chi connectivity index (χ4v) is 5.46. The third-order valence-electron chi connectivity index (χ3n) is 5.05. The molecule has 0 amide bonds. The Kier molecular flexibility index (Phi) is 7.98. The lowest BCUT2D eigenvalue weighted by molar-refractivity contribution is -0.131. The van der Waals surface area contributed by atoms with E-state index in [-0.39, 0.29) is 11.1 Å². The molecule has 4 aromatic carbocycles. The van der Waals surface area contributed by atoms with Gasteiger partial charge in [0.1, 0.15) is 0 Å². The van der Waals surface area contributed by atoms with Crippen molar-refractivity contribution in [3.63, 3.8) is 0 Å². The zero-order chi connectivity index (χ0) is 25.7. The molecule has 6 heteroatoms. The van der Waals surface area contributed by atoms with Crippen LogP contribution in [0.2, 0.25) is 0 Å². The first-order valence-electron chi connectivity index (χ1n) is 11.1. The highest BCUT2D eigenvalue weighted by Crippen LogP contribution is 2.53. The van der Waals surface area contributed by atoms with E-state index in [1.807, 2.05) is 84.9 Å². The highest BCUT2D eigenvalue weighted by molar-refractivity contribution is 8.02. The molecule has 0 heterocycles. The molecule has 0 aliphatic heterocycles. The van der Waals surface area contributed by atoms with E-state index in [1.165, 1.54) is 23.5 Å². The number of carbonyl (C=O) groups excluding carboxylic acids is 2. The summed E-state index contributed by atoms with van der Waals surface area (Å²) in [6.45, 7) is 10.7. The van der Waals surface area contributed by atoms with Crippen LogP contribution in [0.4, 0.5) is 0 Å². The third-order valence-corrected chi connectivity index (χ3v) is 7.38. The number of rotatable bonds is 8. The van der Waals surface area contributed by atoms with Gasteiger partial charge in [-0.25, -0.2) is 9.59 Å². The molecule has 0 spiro atoms. The van der Waals surface area contributed by atoms with Crippen molar-refractivity contribution in [1.82, 2.24) is 0 Å². The van der Waals surface area contributed by atoms with Gasteiger partial charge in [0.05, 0.1) is 9.79 Å². The van der Waals surface area contributed by atoms with Crippen molar-refractivity contribution in [3.05, 3.63) is 109 Å². The first-order chi connectivity index (χ1) is 17.3. The summed E-state index contributed by atoms with van der Waals surface area (Å²) in [5.74, 6) is -0.281. The van der Waals surface area contributed by atoms with E-state index in [4.69, 9.17) is 9.47 Å². The molecule has 0 radical (unpaired) electrons. The summed E-state index contributed by atoms with van der Waals surface area (Å²) < 4.78 is 11.9. The van der Waals surface area contributed by atoms with Crippen LogP contribution in [0.25, 0.3) is 10.8 Å². The third kappa shape index (κ3) is 5.73. The fourth-order valence-electron chi connectivity index (χ4n) is 3.29. The average molecular weight is 513 g/mol. The van der Waals surface area contributed by atoms with E-state index in [0.717, 1.165) is 9.79 Å². The van der Waals surface area contributed by atoms with Gasteiger partial charge in [0.15, 0.2) is 11.5 Å². The van der Waals surface area contributed by atoms with Crippen LogP contribution in [0.3, 0.4) is 0 Å². The first-order valence-corrected chi connectivity index (χ1v) is 12.8. The second-order valence-corrected chi connectivity index (χ2v) is 10.2. The van der Waals surface area contributed by atoms with Gasteiger partial charge in [0.2, 0.25) is 0 Å². The van der Waals surface area contributed by atoms with E-state index in [9.17, 15) is 9.59 Å². The van der Waals surface area contributed by atoms with E-state index >= 15 is 0 Å². The van der Waals surface area contributed by atoms with Crippen molar-refractivity contribution < 1.29 is 19.1 Å². The molecule has 0 aliphatic rings. The van der Waals surface area contributed by atoms with Gasteiger partial charge < -0.3 is 9.47 Å². The van der Waals surface area contributed by atoms with Crippen LogP contribution in [-0.2, 0) is 9.59 Å². The monoisotopic (exact) mass is 512 g/mol. The normalized spacial score (nSPS) is 10.6. The molecule has 180 valence electrons. The van der Waals surface area contributed by atoms with Gasteiger partial charge in [-0.05, 0) is 38.1 Å². The van der Waals surface area contributed by atoms with Gasteiger partial charge >= 0.3 is 11.9 Å². The molecule has 36 heavy (non-hydrogen) atoms. The Balaban J connectivity index is 2.06. The predicted molar refractivity (Wildman–Crippen MR) is 146 cm³/mol. The summed E-state index contributed by atoms with van der Waals surface area (Å²) in [7, 11) is 0. The summed E-state index contributed by atoms with van der Waals surface area (Å²) in [6.07, 6.45) is 0. The molecule has 0 aromatic heterocycles. The van der Waals surface area contributed by atoms with E-state index in [1.54, 1.807) is 13.8 Å². The Bertz CT molecular complexity index is 1350. The lowest BCUT2D eigenvalue weighted by Crippen LogP contribution is -2.12.